The van der Waals surface area contributed by atoms with Crippen LogP contribution in [-0.4, -0.2) is 5.91 Å². The average molecular weight is 350 g/mol. The van der Waals surface area contributed by atoms with Crippen LogP contribution in [0.25, 0.3) is 0 Å². The molecular weight excluding hydrogens is 333 g/mol. The van der Waals surface area contributed by atoms with E-state index in [2.05, 4.69) is 21.2 Å². The topological polar surface area (TPSA) is 29.1 Å². The van der Waals surface area contributed by atoms with Crippen LogP contribution < -0.4 is 5.32 Å². The van der Waals surface area contributed by atoms with Gasteiger partial charge in [-0.05, 0) is 61.7 Å². The molecule has 0 bridgehead atoms. The summed E-state index contributed by atoms with van der Waals surface area (Å²) >= 11 is 3.41. The molecule has 4 heteroatoms. The first-order valence-electron chi connectivity index (χ1n) is 6.71. The van der Waals surface area contributed by atoms with Crippen LogP contribution in [0.5, 0.6) is 0 Å². The van der Waals surface area contributed by atoms with Gasteiger partial charge in [-0.2, -0.15) is 0 Å². The van der Waals surface area contributed by atoms with Crippen molar-refractivity contribution in [2.75, 3.05) is 0 Å². The molecule has 1 atom stereocenters. The van der Waals surface area contributed by atoms with Gasteiger partial charge in [0.25, 0.3) is 5.91 Å². The average Bonchev–Trinajstić information content (AvgIpc) is 2.44. The summed E-state index contributed by atoms with van der Waals surface area (Å²) in [5.41, 5.74) is 2.94. The molecule has 0 aliphatic rings. The Kier molecular flexibility index (Phi) is 4.78. The molecular formula is C17H17BrFNO. The molecule has 0 aliphatic carbocycles. The lowest BCUT2D eigenvalue weighted by Gasteiger charge is -2.15. The van der Waals surface area contributed by atoms with Crippen molar-refractivity contribution in [2.45, 2.75) is 26.8 Å². The molecule has 2 nitrogen and oxygen atoms in total. The van der Waals surface area contributed by atoms with Gasteiger partial charge in [0.05, 0.1) is 6.04 Å². The molecule has 2 aromatic carbocycles. The van der Waals surface area contributed by atoms with Gasteiger partial charge in [-0.25, -0.2) is 4.39 Å². The fraction of sp³-hybridized carbons (Fsp3) is 0.235. The van der Waals surface area contributed by atoms with Gasteiger partial charge in [0.1, 0.15) is 5.82 Å². The standard InChI is InChI=1S/C17H17BrFNO/c1-10-4-5-13(9-16(10)19)12(3)20-17(21)14-6-7-15(18)11(2)8-14/h4-9,12H,1-3H3,(H,20,21). The molecule has 1 N–H and O–H groups in total. The van der Waals surface area contributed by atoms with E-state index in [0.29, 0.717) is 11.1 Å². The number of amides is 1. The van der Waals surface area contributed by atoms with E-state index in [1.165, 1.54) is 6.07 Å². The zero-order chi connectivity index (χ0) is 15.6. The molecule has 1 amide bonds. The number of rotatable bonds is 3. The van der Waals surface area contributed by atoms with Crippen molar-refractivity contribution in [1.29, 1.82) is 0 Å². The van der Waals surface area contributed by atoms with Crippen LogP contribution in [0.1, 0.15) is 40.0 Å². The van der Waals surface area contributed by atoms with E-state index in [1.54, 1.807) is 19.1 Å². The smallest absolute Gasteiger partial charge is 0.251 e. The van der Waals surface area contributed by atoms with Crippen LogP contribution in [-0.2, 0) is 0 Å². The summed E-state index contributed by atoms with van der Waals surface area (Å²) < 4.78 is 14.5. The lowest BCUT2D eigenvalue weighted by Crippen LogP contribution is -2.26. The van der Waals surface area contributed by atoms with Crippen LogP contribution in [0.2, 0.25) is 0 Å². The van der Waals surface area contributed by atoms with Gasteiger partial charge in [0.15, 0.2) is 0 Å². The first-order valence-corrected chi connectivity index (χ1v) is 7.51. The minimum atomic E-state index is -0.256. The van der Waals surface area contributed by atoms with Gasteiger partial charge in [0.2, 0.25) is 0 Å². The quantitative estimate of drug-likeness (QED) is 0.855. The van der Waals surface area contributed by atoms with E-state index in [1.807, 2.05) is 32.0 Å². The van der Waals surface area contributed by atoms with Crippen molar-refractivity contribution >= 4 is 21.8 Å². The lowest BCUT2D eigenvalue weighted by molar-refractivity contribution is 0.0939. The minimum Gasteiger partial charge on any atom is -0.346 e. The Hall–Kier alpha value is -1.68. The zero-order valence-corrected chi connectivity index (χ0v) is 13.8. The third-order valence-electron chi connectivity index (χ3n) is 3.46. The normalized spacial score (nSPS) is 12.0. The molecule has 21 heavy (non-hydrogen) atoms. The Balaban J connectivity index is 2.14. The van der Waals surface area contributed by atoms with Crippen molar-refractivity contribution in [3.63, 3.8) is 0 Å². The maximum Gasteiger partial charge on any atom is 0.251 e. The van der Waals surface area contributed by atoms with Crippen molar-refractivity contribution in [1.82, 2.24) is 5.32 Å². The van der Waals surface area contributed by atoms with Gasteiger partial charge in [-0.3, -0.25) is 4.79 Å². The molecule has 2 aromatic rings. The number of aryl methyl sites for hydroxylation is 2. The molecule has 0 saturated carbocycles. The third kappa shape index (κ3) is 3.70. The number of carbonyl (C=O) groups excluding carboxylic acids is 1. The van der Waals surface area contributed by atoms with Crippen molar-refractivity contribution in [3.05, 3.63) is 68.9 Å². The second kappa shape index (κ2) is 6.39. The number of halogens is 2. The van der Waals surface area contributed by atoms with Crippen LogP contribution in [0.15, 0.2) is 40.9 Å². The van der Waals surface area contributed by atoms with Gasteiger partial charge < -0.3 is 5.32 Å². The Bertz CT molecular complexity index is 684. The Morgan fingerprint density at radius 2 is 1.86 bits per heavy atom. The highest BCUT2D eigenvalue weighted by atomic mass is 79.9. The molecule has 0 aliphatic heterocycles. The summed E-state index contributed by atoms with van der Waals surface area (Å²) in [5, 5.41) is 2.88. The molecule has 0 heterocycles. The summed E-state index contributed by atoms with van der Waals surface area (Å²) in [5.74, 6) is -0.424. The van der Waals surface area contributed by atoms with Crippen molar-refractivity contribution in [3.8, 4) is 0 Å². The van der Waals surface area contributed by atoms with E-state index < -0.39 is 0 Å². The highest BCUT2D eigenvalue weighted by Gasteiger charge is 2.13. The highest BCUT2D eigenvalue weighted by molar-refractivity contribution is 9.10. The number of hydrogen-bond donors (Lipinski definition) is 1. The highest BCUT2D eigenvalue weighted by Crippen LogP contribution is 2.19. The molecule has 0 fully saturated rings. The maximum atomic E-state index is 13.6. The monoisotopic (exact) mass is 349 g/mol. The van der Waals surface area contributed by atoms with Crippen LogP contribution in [0.3, 0.4) is 0 Å². The summed E-state index contributed by atoms with van der Waals surface area (Å²) in [6.07, 6.45) is 0. The Morgan fingerprint density at radius 1 is 1.14 bits per heavy atom. The maximum absolute atomic E-state index is 13.6. The first kappa shape index (κ1) is 15.7. The fourth-order valence-electron chi connectivity index (χ4n) is 2.03. The summed E-state index contributed by atoms with van der Waals surface area (Å²) in [6.45, 7) is 5.49. The summed E-state index contributed by atoms with van der Waals surface area (Å²) in [6, 6.07) is 10.2. The minimum absolute atomic E-state index is 0.168. The van der Waals surface area contributed by atoms with Gasteiger partial charge in [-0.1, -0.05) is 28.1 Å². The molecule has 0 aromatic heterocycles. The summed E-state index contributed by atoms with van der Waals surface area (Å²) in [4.78, 5) is 12.2. The molecule has 2 rings (SSSR count). The largest absolute Gasteiger partial charge is 0.346 e. The van der Waals surface area contributed by atoms with E-state index >= 15 is 0 Å². The second-order valence-corrected chi connectivity index (χ2v) is 6.02. The van der Waals surface area contributed by atoms with E-state index in [-0.39, 0.29) is 17.8 Å². The number of benzene rings is 2. The summed E-state index contributed by atoms with van der Waals surface area (Å²) in [7, 11) is 0. The van der Waals surface area contributed by atoms with Crippen LogP contribution >= 0.6 is 15.9 Å². The second-order valence-electron chi connectivity index (χ2n) is 5.17. The van der Waals surface area contributed by atoms with E-state index in [9.17, 15) is 9.18 Å². The predicted octanol–water partition coefficient (Wildman–Crippen LogP) is 4.70. The Morgan fingerprint density at radius 3 is 2.48 bits per heavy atom. The molecule has 110 valence electrons. The fourth-order valence-corrected chi connectivity index (χ4v) is 2.27. The van der Waals surface area contributed by atoms with Crippen LogP contribution in [0, 0.1) is 19.7 Å². The molecule has 0 saturated heterocycles. The van der Waals surface area contributed by atoms with E-state index in [0.717, 1.165) is 15.6 Å². The van der Waals surface area contributed by atoms with Crippen molar-refractivity contribution < 1.29 is 9.18 Å². The van der Waals surface area contributed by atoms with Gasteiger partial charge in [0, 0.05) is 10.0 Å². The van der Waals surface area contributed by atoms with Crippen LogP contribution in [0.4, 0.5) is 4.39 Å². The Labute approximate surface area is 132 Å². The first-order chi connectivity index (χ1) is 9.88. The zero-order valence-electron chi connectivity index (χ0n) is 12.2. The molecule has 0 radical (unpaired) electrons. The number of carbonyl (C=O) groups is 1. The number of hydrogen-bond acceptors (Lipinski definition) is 1. The molecule has 1 unspecified atom stereocenters. The molecule has 0 spiro atoms. The SMILES string of the molecule is Cc1ccc(C(C)NC(=O)c2ccc(Br)c(C)c2)cc1F. The third-order valence-corrected chi connectivity index (χ3v) is 4.35. The number of nitrogens with one attached hydrogen (secondary N) is 1. The van der Waals surface area contributed by atoms with Gasteiger partial charge in [-0.15, -0.1) is 0 Å². The predicted molar refractivity (Wildman–Crippen MR) is 85.9 cm³/mol. The van der Waals surface area contributed by atoms with Crippen molar-refractivity contribution in [2.24, 2.45) is 0 Å². The van der Waals surface area contributed by atoms with E-state index in [4.69, 9.17) is 0 Å². The lowest BCUT2D eigenvalue weighted by atomic mass is 10.1. The van der Waals surface area contributed by atoms with Gasteiger partial charge >= 0.3 is 0 Å².